The molecule has 0 aliphatic heterocycles. The van der Waals surface area contributed by atoms with Crippen LogP contribution in [0.3, 0.4) is 0 Å². The van der Waals surface area contributed by atoms with Crippen molar-refractivity contribution in [3.63, 3.8) is 0 Å². The van der Waals surface area contributed by atoms with Crippen LogP contribution in [-0.2, 0) is 11.3 Å². The highest BCUT2D eigenvalue weighted by atomic mass is 35.5. The average molecular weight is 411 g/mol. The molecule has 0 saturated heterocycles. The number of benzene rings is 1. The van der Waals surface area contributed by atoms with E-state index in [1.54, 1.807) is 0 Å². The van der Waals surface area contributed by atoms with Crippen molar-refractivity contribution in [2.45, 2.75) is 90.5 Å². The van der Waals surface area contributed by atoms with Gasteiger partial charge in [-0.1, -0.05) is 101 Å². The van der Waals surface area contributed by atoms with Crippen LogP contribution in [0.4, 0.5) is 0 Å². The Morgan fingerprint density at radius 2 is 1.48 bits per heavy atom. The largest absolute Gasteiger partial charge is 0.358 e. The Bertz CT molecular complexity index is 551. The Kier molecular flexibility index (Phi) is 14.1. The first-order chi connectivity index (χ1) is 13.1. The molecule has 5 heteroatoms. The molecule has 27 heavy (non-hydrogen) atoms. The number of carbonyl (C=O) groups is 1. The Hall–Kier alpha value is -1.13. The zero-order valence-corrected chi connectivity index (χ0v) is 18.3. The van der Waals surface area contributed by atoms with E-state index in [9.17, 15) is 4.79 Å². The van der Waals surface area contributed by atoms with Gasteiger partial charge in [-0.05, 0) is 30.3 Å². The number of hydrogen-bond donors (Lipinski definition) is 2. The van der Waals surface area contributed by atoms with Crippen LogP contribution in [0.25, 0.3) is 0 Å². The van der Waals surface area contributed by atoms with Crippen LogP contribution >= 0.6 is 23.8 Å². The molecule has 0 atom stereocenters. The van der Waals surface area contributed by atoms with E-state index in [-0.39, 0.29) is 5.91 Å². The summed E-state index contributed by atoms with van der Waals surface area (Å²) in [4.78, 5) is 11.9. The molecule has 0 saturated carbocycles. The van der Waals surface area contributed by atoms with Crippen molar-refractivity contribution in [2.75, 3.05) is 0 Å². The summed E-state index contributed by atoms with van der Waals surface area (Å²) in [5.74, 6) is -0.0115. The molecule has 2 N–H and O–H groups in total. The summed E-state index contributed by atoms with van der Waals surface area (Å²) in [6, 6.07) is 7.59. The molecular weight excluding hydrogens is 376 g/mol. The van der Waals surface area contributed by atoms with Crippen molar-refractivity contribution in [1.29, 1.82) is 0 Å². The number of rotatable bonds is 14. The minimum absolute atomic E-state index is 0.0115. The molecule has 0 aliphatic rings. The molecule has 1 aromatic carbocycles. The zero-order valence-electron chi connectivity index (χ0n) is 16.7. The fourth-order valence-electron chi connectivity index (χ4n) is 3.00. The van der Waals surface area contributed by atoms with Crippen LogP contribution in [0.5, 0.6) is 0 Å². The standard InChI is InChI=1S/C22H35ClN2OS/c1-2-3-4-5-6-7-8-9-10-11-12-17-21(26)25-22(27)24-18-19-15-13-14-16-20(19)23/h13-16H,2-12,17-18H2,1H3,(H2,24,25,26,27). The van der Waals surface area contributed by atoms with Crippen molar-refractivity contribution >= 4 is 34.8 Å². The summed E-state index contributed by atoms with van der Waals surface area (Å²) < 4.78 is 0. The van der Waals surface area contributed by atoms with Gasteiger partial charge in [0, 0.05) is 18.0 Å². The highest BCUT2D eigenvalue weighted by Gasteiger charge is 2.05. The van der Waals surface area contributed by atoms with Crippen LogP contribution in [0, 0.1) is 0 Å². The second kappa shape index (κ2) is 15.9. The fraction of sp³-hybridized carbons (Fsp3) is 0.636. The first-order valence-electron chi connectivity index (χ1n) is 10.4. The lowest BCUT2D eigenvalue weighted by molar-refractivity contribution is -0.119. The Morgan fingerprint density at radius 1 is 0.926 bits per heavy atom. The van der Waals surface area contributed by atoms with E-state index < -0.39 is 0 Å². The Labute approximate surface area is 175 Å². The van der Waals surface area contributed by atoms with E-state index in [1.165, 1.54) is 57.8 Å². The minimum Gasteiger partial charge on any atom is -0.358 e. The molecule has 0 heterocycles. The van der Waals surface area contributed by atoms with E-state index in [4.69, 9.17) is 23.8 Å². The molecule has 0 radical (unpaired) electrons. The third kappa shape index (κ3) is 12.8. The topological polar surface area (TPSA) is 41.1 Å². The summed E-state index contributed by atoms with van der Waals surface area (Å²) in [7, 11) is 0. The molecular formula is C22H35ClN2OS. The summed E-state index contributed by atoms with van der Waals surface area (Å²) >= 11 is 11.3. The average Bonchev–Trinajstić information content (AvgIpc) is 2.65. The monoisotopic (exact) mass is 410 g/mol. The maximum atomic E-state index is 11.9. The predicted molar refractivity (Wildman–Crippen MR) is 120 cm³/mol. The number of thiocarbonyl (C=S) groups is 1. The van der Waals surface area contributed by atoms with Gasteiger partial charge in [-0.15, -0.1) is 0 Å². The summed E-state index contributed by atoms with van der Waals surface area (Å²) in [6.07, 6.45) is 14.6. The number of hydrogen-bond acceptors (Lipinski definition) is 2. The maximum Gasteiger partial charge on any atom is 0.226 e. The second-order valence-corrected chi connectivity index (χ2v) is 7.92. The molecule has 1 amide bonds. The van der Waals surface area contributed by atoms with Gasteiger partial charge in [-0.2, -0.15) is 0 Å². The highest BCUT2D eigenvalue weighted by Crippen LogP contribution is 2.14. The Balaban J connectivity index is 1.96. The van der Waals surface area contributed by atoms with Crippen LogP contribution in [0.2, 0.25) is 5.02 Å². The molecule has 152 valence electrons. The zero-order chi connectivity index (χ0) is 19.7. The van der Waals surface area contributed by atoms with Crippen LogP contribution in [-0.4, -0.2) is 11.0 Å². The number of amides is 1. The van der Waals surface area contributed by atoms with Gasteiger partial charge in [-0.3, -0.25) is 4.79 Å². The lowest BCUT2D eigenvalue weighted by Gasteiger charge is -2.10. The minimum atomic E-state index is -0.0115. The van der Waals surface area contributed by atoms with Crippen molar-refractivity contribution in [2.24, 2.45) is 0 Å². The molecule has 0 aromatic heterocycles. The molecule has 1 aromatic rings. The number of carbonyl (C=O) groups excluding carboxylic acids is 1. The van der Waals surface area contributed by atoms with E-state index in [0.29, 0.717) is 23.1 Å². The molecule has 1 rings (SSSR count). The van der Waals surface area contributed by atoms with Crippen LogP contribution in [0.15, 0.2) is 24.3 Å². The maximum absolute atomic E-state index is 11.9. The van der Waals surface area contributed by atoms with Gasteiger partial charge >= 0.3 is 0 Å². The van der Waals surface area contributed by atoms with Crippen LogP contribution < -0.4 is 10.6 Å². The first-order valence-corrected chi connectivity index (χ1v) is 11.2. The van der Waals surface area contributed by atoms with Gasteiger partial charge in [0.2, 0.25) is 5.91 Å². The summed E-state index contributed by atoms with van der Waals surface area (Å²) in [5, 5.41) is 6.83. The third-order valence-corrected chi connectivity index (χ3v) is 5.27. The van der Waals surface area contributed by atoms with E-state index in [0.717, 1.165) is 18.4 Å². The Morgan fingerprint density at radius 3 is 2.07 bits per heavy atom. The third-order valence-electron chi connectivity index (χ3n) is 4.66. The van der Waals surface area contributed by atoms with Gasteiger partial charge in [0.05, 0.1) is 0 Å². The smallest absolute Gasteiger partial charge is 0.226 e. The van der Waals surface area contributed by atoms with E-state index in [1.807, 2.05) is 24.3 Å². The molecule has 0 fully saturated rings. The normalized spacial score (nSPS) is 10.6. The molecule has 0 spiro atoms. The van der Waals surface area contributed by atoms with Crippen molar-refractivity contribution in [3.05, 3.63) is 34.9 Å². The predicted octanol–water partition coefficient (Wildman–Crippen LogP) is 6.53. The highest BCUT2D eigenvalue weighted by molar-refractivity contribution is 7.80. The second-order valence-electron chi connectivity index (χ2n) is 7.11. The number of halogens is 1. The lowest BCUT2D eigenvalue weighted by atomic mass is 10.1. The summed E-state index contributed by atoms with van der Waals surface area (Å²) in [6.45, 7) is 2.77. The molecule has 0 unspecified atom stereocenters. The quantitative estimate of drug-likeness (QED) is 0.270. The lowest BCUT2D eigenvalue weighted by Crippen LogP contribution is -2.38. The van der Waals surface area contributed by atoms with Gasteiger partial charge in [-0.25, -0.2) is 0 Å². The van der Waals surface area contributed by atoms with Gasteiger partial charge in [0.1, 0.15) is 0 Å². The fourth-order valence-corrected chi connectivity index (χ4v) is 3.39. The number of unbranched alkanes of at least 4 members (excludes halogenated alkanes) is 10. The SMILES string of the molecule is CCCCCCCCCCCCCC(=O)NC(=S)NCc1ccccc1Cl. The van der Waals surface area contributed by atoms with Gasteiger partial charge < -0.3 is 10.6 Å². The molecule has 3 nitrogen and oxygen atoms in total. The van der Waals surface area contributed by atoms with Crippen molar-refractivity contribution < 1.29 is 4.79 Å². The summed E-state index contributed by atoms with van der Waals surface area (Å²) in [5.41, 5.74) is 0.959. The van der Waals surface area contributed by atoms with Crippen LogP contribution in [0.1, 0.15) is 89.5 Å². The van der Waals surface area contributed by atoms with E-state index >= 15 is 0 Å². The van der Waals surface area contributed by atoms with Crippen molar-refractivity contribution in [3.8, 4) is 0 Å². The van der Waals surface area contributed by atoms with E-state index in [2.05, 4.69) is 17.6 Å². The van der Waals surface area contributed by atoms with Crippen molar-refractivity contribution in [1.82, 2.24) is 10.6 Å². The first kappa shape index (κ1) is 23.9. The molecule has 0 bridgehead atoms. The number of nitrogens with one attached hydrogen (secondary N) is 2. The van der Waals surface area contributed by atoms with Gasteiger partial charge in [0.15, 0.2) is 5.11 Å². The van der Waals surface area contributed by atoms with Gasteiger partial charge in [0.25, 0.3) is 0 Å². The molecule has 0 aliphatic carbocycles.